The van der Waals surface area contributed by atoms with Crippen molar-refractivity contribution in [3.05, 3.63) is 59.9 Å². The molecule has 2 aromatic rings. The number of carbonyl (C=O) groups is 1. The molecule has 3 rings (SSSR count). The Morgan fingerprint density at radius 2 is 1.64 bits per heavy atom. The number of benzene rings is 2. The first-order chi connectivity index (χ1) is 12.1. The normalized spacial score (nSPS) is 14.7. The molecule has 4 nitrogen and oxygen atoms in total. The molecule has 1 N–H and O–H groups in total. The molecule has 132 valence electrons. The number of carbonyl (C=O) groups excluding carboxylic acids is 1. The average molecular weight is 341 g/mol. The molecule has 0 aromatic heterocycles. The van der Waals surface area contributed by atoms with Crippen molar-refractivity contribution in [1.82, 2.24) is 4.90 Å². The van der Waals surface area contributed by atoms with Gasteiger partial charge in [-0.25, -0.2) is 9.18 Å². The third kappa shape index (κ3) is 3.92. The Kier molecular flexibility index (Phi) is 5.22. The van der Waals surface area contributed by atoms with Gasteiger partial charge in [-0.15, -0.1) is 0 Å². The van der Waals surface area contributed by atoms with Crippen molar-refractivity contribution < 1.29 is 9.18 Å². The van der Waals surface area contributed by atoms with Gasteiger partial charge in [0.15, 0.2) is 0 Å². The summed E-state index contributed by atoms with van der Waals surface area (Å²) in [5, 5.41) is 2.66. The fourth-order valence-corrected chi connectivity index (χ4v) is 3.17. The number of halogens is 1. The van der Waals surface area contributed by atoms with E-state index in [2.05, 4.69) is 48.3 Å². The lowest BCUT2D eigenvalue weighted by molar-refractivity contribution is 0.208. The van der Waals surface area contributed by atoms with E-state index in [1.807, 2.05) is 0 Å². The molecule has 1 saturated heterocycles. The van der Waals surface area contributed by atoms with E-state index in [1.165, 1.54) is 17.3 Å². The number of anilines is 2. The number of para-hydroxylation sites is 2. The van der Waals surface area contributed by atoms with Gasteiger partial charge in [0.25, 0.3) is 0 Å². The third-order valence-corrected chi connectivity index (χ3v) is 4.58. The smallest absolute Gasteiger partial charge is 0.322 e. The monoisotopic (exact) mass is 341 g/mol. The number of nitrogens with one attached hydrogen (secondary N) is 1. The van der Waals surface area contributed by atoms with Gasteiger partial charge >= 0.3 is 6.03 Å². The maximum absolute atomic E-state index is 13.7. The summed E-state index contributed by atoms with van der Waals surface area (Å²) in [5.74, 6) is 0.0407. The second-order valence-corrected chi connectivity index (χ2v) is 6.60. The van der Waals surface area contributed by atoms with Gasteiger partial charge in [0.05, 0.1) is 5.69 Å². The Hall–Kier alpha value is -2.56. The number of hydrogen-bond acceptors (Lipinski definition) is 2. The van der Waals surface area contributed by atoms with Crippen LogP contribution in [-0.4, -0.2) is 37.1 Å². The van der Waals surface area contributed by atoms with E-state index in [4.69, 9.17) is 0 Å². The highest BCUT2D eigenvalue weighted by Crippen LogP contribution is 2.28. The summed E-state index contributed by atoms with van der Waals surface area (Å²) < 4.78 is 13.7. The molecule has 0 atom stereocenters. The average Bonchev–Trinajstić information content (AvgIpc) is 2.63. The molecule has 1 heterocycles. The Bertz CT molecular complexity index is 739. The van der Waals surface area contributed by atoms with E-state index in [0.717, 1.165) is 13.1 Å². The molecule has 2 amide bonds. The van der Waals surface area contributed by atoms with Crippen LogP contribution in [0.1, 0.15) is 25.3 Å². The van der Waals surface area contributed by atoms with Crippen LogP contribution in [0.2, 0.25) is 0 Å². The van der Waals surface area contributed by atoms with Gasteiger partial charge in [-0.3, -0.25) is 0 Å². The summed E-state index contributed by atoms with van der Waals surface area (Å²) in [5.41, 5.74) is 2.79. The van der Waals surface area contributed by atoms with Gasteiger partial charge in [-0.1, -0.05) is 44.2 Å². The number of nitrogens with zero attached hydrogens (tertiary/aromatic N) is 2. The van der Waals surface area contributed by atoms with Gasteiger partial charge in [0, 0.05) is 31.9 Å². The van der Waals surface area contributed by atoms with Gasteiger partial charge in [-0.05, 0) is 29.7 Å². The molecule has 5 heteroatoms. The topological polar surface area (TPSA) is 35.6 Å². The summed E-state index contributed by atoms with van der Waals surface area (Å²) >= 11 is 0. The van der Waals surface area contributed by atoms with Crippen LogP contribution in [-0.2, 0) is 0 Å². The first kappa shape index (κ1) is 17.3. The van der Waals surface area contributed by atoms with E-state index in [9.17, 15) is 9.18 Å². The van der Waals surface area contributed by atoms with Crippen molar-refractivity contribution in [3.8, 4) is 0 Å². The third-order valence-electron chi connectivity index (χ3n) is 4.58. The molecule has 0 spiro atoms. The first-order valence-corrected chi connectivity index (χ1v) is 8.70. The number of rotatable bonds is 3. The van der Waals surface area contributed by atoms with E-state index in [-0.39, 0.29) is 11.7 Å². The van der Waals surface area contributed by atoms with Crippen LogP contribution in [0.3, 0.4) is 0 Å². The molecular weight excluding hydrogens is 317 g/mol. The van der Waals surface area contributed by atoms with Crippen molar-refractivity contribution in [2.24, 2.45) is 0 Å². The van der Waals surface area contributed by atoms with Crippen molar-refractivity contribution >= 4 is 17.4 Å². The predicted octanol–water partition coefficient (Wildman–Crippen LogP) is 4.30. The van der Waals surface area contributed by atoms with Crippen LogP contribution in [0.25, 0.3) is 0 Å². The van der Waals surface area contributed by atoms with Crippen molar-refractivity contribution in [2.45, 2.75) is 19.8 Å². The zero-order valence-corrected chi connectivity index (χ0v) is 14.7. The highest BCUT2D eigenvalue weighted by atomic mass is 19.1. The molecule has 1 fully saturated rings. The molecule has 2 aromatic carbocycles. The molecule has 0 bridgehead atoms. The van der Waals surface area contributed by atoms with Crippen LogP contribution in [0, 0.1) is 5.82 Å². The summed E-state index contributed by atoms with van der Waals surface area (Å²) in [6, 6.07) is 14.4. The zero-order chi connectivity index (χ0) is 17.8. The largest absolute Gasteiger partial charge is 0.368 e. The van der Waals surface area contributed by atoms with Crippen molar-refractivity contribution in [2.75, 3.05) is 36.4 Å². The van der Waals surface area contributed by atoms with Gasteiger partial charge < -0.3 is 15.1 Å². The lowest BCUT2D eigenvalue weighted by Gasteiger charge is -2.37. The quantitative estimate of drug-likeness (QED) is 0.903. The number of hydrogen-bond donors (Lipinski definition) is 1. The highest BCUT2D eigenvalue weighted by molar-refractivity contribution is 5.89. The minimum Gasteiger partial charge on any atom is -0.368 e. The van der Waals surface area contributed by atoms with Crippen LogP contribution in [0.5, 0.6) is 0 Å². The van der Waals surface area contributed by atoms with Crippen LogP contribution in [0.15, 0.2) is 48.5 Å². The number of amides is 2. The highest BCUT2D eigenvalue weighted by Gasteiger charge is 2.23. The fourth-order valence-electron chi connectivity index (χ4n) is 3.17. The molecule has 1 aliphatic rings. The zero-order valence-electron chi connectivity index (χ0n) is 14.7. The van der Waals surface area contributed by atoms with Crippen molar-refractivity contribution in [3.63, 3.8) is 0 Å². The molecule has 0 saturated carbocycles. The standard InChI is InChI=1S/C20H24FN3O/c1-15(2)16-7-3-6-10-19(16)23-11-13-24(14-12-23)20(25)22-18-9-5-4-8-17(18)21/h3-10,15H,11-14H2,1-2H3,(H,22,25). The SMILES string of the molecule is CC(C)c1ccccc1N1CCN(C(=O)Nc2ccccc2F)CC1. The number of piperazine rings is 1. The molecular formula is C20H24FN3O. The molecule has 0 radical (unpaired) electrons. The predicted molar refractivity (Wildman–Crippen MR) is 99.7 cm³/mol. The van der Waals surface area contributed by atoms with Gasteiger partial charge in [-0.2, -0.15) is 0 Å². The molecule has 0 unspecified atom stereocenters. The summed E-state index contributed by atoms with van der Waals surface area (Å²) in [4.78, 5) is 16.4. The fraction of sp³-hybridized carbons (Fsp3) is 0.350. The molecule has 1 aliphatic heterocycles. The lowest BCUT2D eigenvalue weighted by Crippen LogP contribution is -2.50. The Morgan fingerprint density at radius 3 is 2.32 bits per heavy atom. The van der Waals surface area contributed by atoms with Gasteiger partial charge in [0.2, 0.25) is 0 Å². The molecule has 25 heavy (non-hydrogen) atoms. The maximum Gasteiger partial charge on any atom is 0.322 e. The van der Waals surface area contributed by atoms with E-state index >= 15 is 0 Å². The Morgan fingerprint density at radius 1 is 1.00 bits per heavy atom. The minimum absolute atomic E-state index is 0.222. The lowest BCUT2D eigenvalue weighted by atomic mass is 10.00. The Balaban J connectivity index is 1.62. The van der Waals surface area contributed by atoms with Crippen LogP contribution >= 0.6 is 0 Å². The van der Waals surface area contributed by atoms with E-state index in [0.29, 0.717) is 19.0 Å². The summed E-state index contributed by atoms with van der Waals surface area (Å²) in [6.07, 6.45) is 0. The number of urea groups is 1. The second kappa shape index (κ2) is 7.55. The summed E-state index contributed by atoms with van der Waals surface area (Å²) in [7, 11) is 0. The van der Waals surface area contributed by atoms with E-state index < -0.39 is 5.82 Å². The Labute approximate surface area is 148 Å². The minimum atomic E-state index is -0.416. The van der Waals surface area contributed by atoms with Gasteiger partial charge in [0.1, 0.15) is 5.82 Å². The van der Waals surface area contributed by atoms with Crippen molar-refractivity contribution in [1.29, 1.82) is 0 Å². The van der Waals surface area contributed by atoms with Crippen LogP contribution in [0.4, 0.5) is 20.6 Å². The first-order valence-electron chi connectivity index (χ1n) is 8.70. The maximum atomic E-state index is 13.7. The molecule has 0 aliphatic carbocycles. The van der Waals surface area contributed by atoms with Crippen LogP contribution < -0.4 is 10.2 Å². The second-order valence-electron chi connectivity index (χ2n) is 6.60. The summed E-state index contributed by atoms with van der Waals surface area (Å²) in [6.45, 7) is 7.16. The van der Waals surface area contributed by atoms with E-state index in [1.54, 1.807) is 23.1 Å².